The third-order valence-electron chi connectivity index (χ3n) is 6.33. The van der Waals surface area contributed by atoms with Crippen LogP contribution in [0.4, 0.5) is 11.4 Å². The van der Waals surface area contributed by atoms with Gasteiger partial charge in [0, 0.05) is 36.5 Å². The van der Waals surface area contributed by atoms with Gasteiger partial charge in [-0.05, 0) is 25.3 Å². The number of nitrogens with one attached hydrogen (secondary N) is 1. The number of rotatable bonds is 10. The van der Waals surface area contributed by atoms with E-state index in [-0.39, 0.29) is 27.6 Å². The molecule has 10 heteroatoms. The normalized spacial score (nSPS) is 12.2. The first-order chi connectivity index (χ1) is 17.8. The van der Waals surface area contributed by atoms with E-state index in [1.54, 1.807) is 45.0 Å². The zero-order valence-electron chi connectivity index (χ0n) is 21.2. The van der Waals surface area contributed by atoms with Crippen molar-refractivity contribution in [3.8, 4) is 5.75 Å². The predicted molar refractivity (Wildman–Crippen MR) is 144 cm³/mol. The lowest BCUT2D eigenvalue weighted by Gasteiger charge is -2.20. The Hall–Kier alpha value is -3.76. The SMILES string of the molecule is CCN(CC)S(=O)(=O)c1cc(O)c(N=Nc2c(C)[nH]n(CCCc3ccccc3)c2=O)c2ccccc12. The van der Waals surface area contributed by atoms with Crippen LogP contribution in [0.15, 0.2) is 80.6 Å². The van der Waals surface area contributed by atoms with Gasteiger partial charge in [-0.15, -0.1) is 10.2 Å². The molecular formula is C27H31N5O4S. The number of aromatic amines is 1. The van der Waals surface area contributed by atoms with Gasteiger partial charge in [0.2, 0.25) is 10.0 Å². The van der Waals surface area contributed by atoms with Gasteiger partial charge in [-0.25, -0.2) is 8.42 Å². The van der Waals surface area contributed by atoms with Crippen molar-refractivity contribution in [3.63, 3.8) is 0 Å². The summed E-state index contributed by atoms with van der Waals surface area (Å²) >= 11 is 0. The Morgan fingerprint density at radius 3 is 2.24 bits per heavy atom. The smallest absolute Gasteiger partial charge is 0.294 e. The summed E-state index contributed by atoms with van der Waals surface area (Å²) in [6.07, 6.45) is 1.61. The summed E-state index contributed by atoms with van der Waals surface area (Å²) in [7, 11) is -3.83. The van der Waals surface area contributed by atoms with Gasteiger partial charge in [-0.3, -0.25) is 14.6 Å². The van der Waals surface area contributed by atoms with Crippen LogP contribution in [-0.2, 0) is 23.0 Å². The van der Waals surface area contributed by atoms with Crippen LogP contribution in [0.5, 0.6) is 5.75 Å². The molecule has 0 unspecified atom stereocenters. The van der Waals surface area contributed by atoms with Crippen molar-refractivity contribution < 1.29 is 13.5 Å². The number of hydrogen-bond donors (Lipinski definition) is 2. The lowest BCUT2D eigenvalue weighted by molar-refractivity contribution is 0.443. The van der Waals surface area contributed by atoms with Crippen LogP contribution >= 0.6 is 0 Å². The Kier molecular flexibility index (Phi) is 7.89. The average molecular weight is 522 g/mol. The molecule has 1 heterocycles. The van der Waals surface area contributed by atoms with Crippen molar-refractivity contribution in [2.75, 3.05) is 13.1 Å². The molecule has 0 radical (unpaired) electrons. The Morgan fingerprint density at radius 2 is 1.57 bits per heavy atom. The Labute approximate surface area is 216 Å². The number of aromatic nitrogens is 2. The molecule has 0 amide bonds. The molecule has 0 fully saturated rings. The molecule has 37 heavy (non-hydrogen) atoms. The van der Waals surface area contributed by atoms with Crippen LogP contribution in [0.25, 0.3) is 10.8 Å². The second-order valence-corrected chi connectivity index (χ2v) is 10.6. The summed E-state index contributed by atoms with van der Waals surface area (Å²) < 4.78 is 29.3. The average Bonchev–Trinajstić information content (AvgIpc) is 3.16. The molecule has 0 aliphatic heterocycles. The second-order valence-electron chi connectivity index (χ2n) is 8.71. The molecule has 9 nitrogen and oxygen atoms in total. The quantitative estimate of drug-likeness (QED) is 0.271. The number of hydrogen-bond acceptors (Lipinski definition) is 6. The van der Waals surface area contributed by atoms with Crippen molar-refractivity contribution in [1.82, 2.24) is 14.1 Å². The number of sulfonamides is 1. The molecule has 194 valence electrons. The minimum Gasteiger partial charge on any atom is -0.506 e. The zero-order valence-corrected chi connectivity index (χ0v) is 22.0. The van der Waals surface area contributed by atoms with Crippen molar-refractivity contribution >= 4 is 32.2 Å². The van der Waals surface area contributed by atoms with Crippen LogP contribution in [-0.4, -0.2) is 40.7 Å². The highest BCUT2D eigenvalue weighted by Crippen LogP contribution is 2.40. The van der Waals surface area contributed by atoms with E-state index in [2.05, 4.69) is 27.5 Å². The monoisotopic (exact) mass is 521 g/mol. The lowest BCUT2D eigenvalue weighted by atomic mass is 10.1. The summed E-state index contributed by atoms with van der Waals surface area (Å²) in [6, 6.07) is 18.1. The molecule has 2 N–H and O–H groups in total. The molecule has 1 aromatic heterocycles. The second kappa shape index (κ2) is 11.1. The molecule has 0 aliphatic rings. The Morgan fingerprint density at radius 1 is 0.946 bits per heavy atom. The number of aryl methyl sites for hydroxylation is 3. The van der Waals surface area contributed by atoms with E-state index in [0.29, 0.717) is 36.1 Å². The minimum atomic E-state index is -3.83. The van der Waals surface area contributed by atoms with E-state index in [1.165, 1.54) is 20.6 Å². The van der Waals surface area contributed by atoms with E-state index in [0.717, 1.165) is 12.8 Å². The predicted octanol–water partition coefficient (Wildman–Crippen LogP) is 5.42. The minimum absolute atomic E-state index is 0.00171. The molecule has 3 aromatic carbocycles. The molecule has 0 bridgehead atoms. The number of fused-ring (bicyclic) bond motifs is 1. The topological polar surface area (TPSA) is 120 Å². The number of phenolic OH excluding ortho intramolecular Hbond substituents is 1. The number of H-pyrrole nitrogens is 1. The van der Waals surface area contributed by atoms with Gasteiger partial charge in [-0.2, -0.15) is 4.31 Å². The summed E-state index contributed by atoms with van der Waals surface area (Å²) in [6.45, 7) is 6.37. The molecule has 0 spiro atoms. The largest absolute Gasteiger partial charge is 0.506 e. The first-order valence-corrected chi connectivity index (χ1v) is 13.7. The maximum Gasteiger partial charge on any atom is 0.294 e. The molecule has 4 rings (SSSR count). The summed E-state index contributed by atoms with van der Waals surface area (Å²) in [5, 5.41) is 23.1. The first kappa shape index (κ1) is 26.3. The summed E-state index contributed by atoms with van der Waals surface area (Å²) in [5.41, 5.74) is 1.69. The van der Waals surface area contributed by atoms with E-state index < -0.39 is 10.0 Å². The molecule has 0 saturated heterocycles. The fourth-order valence-corrected chi connectivity index (χ4v) is 6.06. The van der Waals surface area contributed by atoms with Crippen molar-refractivity contribution in [3.05, 3.63) is 82.3 Å². The van der Waals surface area contributed by atoms with Gasteiger partial charge >= 0.3 is 0 Å². The zero-order chi connectivity index (χ0) is 26.6. The van der Waals surface area contributed by atoms with Gasteiger partial charge in [0.15, 0.2) is 5.69 Å². The number of aromatic hydroxyl groups is 1. The number of benzene rings is 3. The van der Waals surface area contributed by atoms with E-state index in [4.69, 9.17) is 0 Å². The van der Waals surface area contributed by atoms with Crippen molar-refractivity contribution in [1.29, 1.82) is 0 Å². The Balaban J connectivity index is 1.66. The number of nitrogens with zero attached hydrogens (tertiary/aromatic N) is 4. The Bertz CT molecular complexity index is 1590. The van der Waals surface area contributed by atoms with Crippen LogP contribution in [0.2, 0.25) is 0 Å². The lowest BCUT2D eigenvalue weighted by Crippen LogP contribution is -2.30. The van der Waals surface area contributed by atoms with E-state index >= 15 is 0 Å². The summed E-state index contributed by atoms with van der Waals surface area (Å²) in [5.74, 6) is -0.329. The van der Waals surface area contributed by atoms with Gasteiger partial charge in [0.25, 0.3) is 5.56 Å². The van der Waals surface area contributed by atoms with Crippen molar-refractivity contribution in [2.24, 2.45) is 10.2 Å². The van der Waals surface area contributed by atoms with Gasteiger partial charge in [0.1, 0.15) is 11.4 Å². The van der Waals surface area contributed by atoms with Crippen LogP contribution in [0, 0.1) is 6.92 Å². The maximum absolute atomic E-state index is 13.2. The van der Waals surface area contributed by atoms with Gasteiger partial charge in [-0.1, -0.05) is 68.4 Å². The number of phenols is 1. The molecule has 0 aliphatic carbocycles. The fraction of sp³-hybridized carbons (Fsp3) is 0.296. The third-order valence-corrected chi connectivity index (χ3v) is 8.42. The molecule has 0 saturated carbocycles. The van der Waals surface area contributed by atoms with Gasteiger partial charge < -0.3 is 5.11 Å². The molecule has 0 atom stereocenters. The van der Waals surface area contributed by atoms with E-state index in [1.807, 2.05) is 18.2 Å². The molecular weight excluding hydrogens is 490 g/mol. The highest BCUT2D eigenvalue weighted by atomic mass is 32.2. The first-order valence-electron chi connectivity index (χ1n) is 12.3. The van der Waals surface area contributed by atoms with Crippen LogP contribution in [0.3, 0.4) is 0 Å². The third kappa shape index (κ3) is 5.35. The van der Waals surface area contributed by atoms with Gasteiger partial charge in [0.05, 0.1) is 10.6 Å². The van der Waals surface area contributed by atoms with Crippen LogP contribution < -0.4 is 5.56 Å². The van der Waals surface area contributed by atoms with Crippen LogP contribution in [0.1, 0.15) is 31.5 Å². The maximum atomic E-state index is 13.2. The highest BCUT2D eigenvalue weighted by molar-refractivity contribution is 7.89. The highest BCUT2D eigenvalue weighted by Gasteiger charge is 2.26. The fourth-order valence-electron chi connectivity index (χ4n) is 4.39. The van der Waals surface area contributed by atoms with Crippen molar-refractivity contribution in [2.45, 2.75) is 45.1 Å². The molecule has 4 aromatic rings. The summed E-state index contributed by atoms with van der Waals surface area (Å²) in [4.78, 5) is 13.0. The standard InChI is InChI=1S/C27H31N5O4S/c1-4-31(5-2)37(35,36)24-18-23(33)26(22-16-10-9-15-21(22)24)29-28-25-19(3)30-32(27(25)34)17-11-14-20-12-7-6-8-13-20/h6-10,12-13,15-16,18,30,33H,4-5,11,14,17H2,1-3H3. The number of azo groups is 1. The van der Waals surface area contributed by atoms with E-state index in [9.17, 15) is 18.3 Å².